The standard InChI is InChI=1S/C13H21N3O.ClH/c1-2-12(6-14-5-1)10-17-13-7-15-16(9-13)8-11-3-4-11;/h7,9,11-12,14H,1-6,8,10H2;1H. The smallest absolute Gasteiger partial charge is 0.157 e. The summed E-state index contributed by atoms with van der Waals surface area (Å²) in [6.07, 6.45) is 9.17. The van der Waals surface area contributed by atoms with E-state index in [4.69, 9.17) is 4.74 Å². The average molecular weight is 272 g/mol. The topological polar surface area (TPSA) is 39.1 Å². The molecule has 0 bridgehead atoms. The molecule has 2 aliphatic rings. The van der Waals surface area contributed by atoms with Crippen LogP contribution in [0, 0.1) is 11.8 Å². The molecule has 0 amide bonds. The van der Waals surface area contributed by atoms with E-state index in [2.05, 4.69) is 10.4 Å². The first-order valence-corrected chi connectivity index (χ1v) is 6.76. The number of nitrogens with one attached hydrogen (secondary N) is 1. The second kappa shape index (κ2) is 6.43. The van der Waals surface area contributed by atoms with Gasteiger partial charge >= 0.3 is 0 Å². The highest BCUT2D eigenvalue weighted by Crippen LogP contribution is 2.30. The Labute approximate surface area is 114 Å². The molecule has 1 aliphatic carbocycles. The van der Waals surface area contributed by atoms with Crippen LogP contribution in [0.25, 0.3) is 0 Å². The molecule has 1 unspecified atom stereocenters. The number of hydrogen-bond acceptors (Lipinski definition) is 3. The quantitative estimate of drug-likeness (QED) is 0.891. The Morgan fingerprint density at radius 2 is 2.22 bits per heavy atom. The maximum absolute atomic E-state index is 5.80. The second-order valence-corrected chi connectivity index (χ2v) is 5.36. The predicted molar refractivity (Wildman–Crippen MR) is 73.3 cm³/mol. The van der Waals surface area contributed by atoms with E-state index in [1.807, 2.05) is 17.1 Å². The number of rotatable bonds is 5. The summed E-state index contributed by atoms with van der Waals surface area (Å²) in [5, 5.41) is 7.75. The number of halogens is 1. The molecule has 1 N–H and O–H groups in total. The third kappa shape index (κ3) is 3.89. The van der Waals surface area contributed by atoms with Crippen LogP contribution < -0.4 is 10.1 Å². The zero-order chi connectivity index (χ0) is 11.5. The Bertz CT molecular complexity index is 359. The Hall–Kier alpha value is -0.740. The van der Waals surface area contributed by atoms with Crippen molar-refractivity contribution < 1.29 is 4.74 Å². The van der Waals surface area contributed by atoms with Crippen LogP contribution in [0.15, 0.2) is 12.4 Å². The first kappa shape index (κ1) is 13.7. The highest BCUT2D eigenvalue weighted by molar-refractivity contribution is 5.85. The number of ether oxygens (including phenoxy) is 1. The molecule has 0 spiro atoms. The van der Waals surface area contributed by atoms with Gasteiger partial charge in [0.2, 0.25) is 0 Å². The minimum atomic E-state index is 0. The molecule has 1 aromatic heterocycles. The van der Waals surface area contributed by atoms with Crippen LogP contribution in [0.5, 0.6) is 5.75 Å². The van der Waals surface area contributed by atoms with Gasteiger partial charge in [0, 0.05) is 19.0 Å². The molecule has 4 nitrogen and oxygen atoms in total. The van der Waals surface area contributed by atoms with Crippen LogP contribution in [-0.4, -0.2) is 29.5 Å². The summed E-state index contributed by atoms with van der Waals surface area (Å²) in [5.41, 5.74) is 0. The van der Waals surface area contributed by atoms with Crippen LogP contribution in [0.2, 0.25) is 0 Å². The van der Waals surface area contributed by atoms with Crippen molar-refractivity contribution in [3.8, 4) is 5.75 Å². The molecule has 1 saturated carbocycles. The van der Waals surface area contributed by atoms with Gasteiger partial charge < -0.3 is 10.1 Å². The summed E-state index contributed by atoms with van der Waals surface area (Å²) in [6, 6.07) is 0. The minimum absolute atomic E-state index is 0. The van der Waals surface area contributed by atoms with Gasteiger partial charge in [0.15, 0.2) is 5.75 Å². The molecule has 5 heteroatoms. The van der Waals surface area contributed by atoms with E-state index in [0.29, 0.717) is 5.92 Å². The van der Waals surface area contributed by atoms with E-state index < -0.39 is 0 Å². The third-order valence-corrected chi connectivity index (χ3v) is 3.64. The van der Waals surface area contributed by atoms with E-state index >= 15 is 0 Å². The van der Waals surface area contributed by atoms with Gasteiger partial charge in [0.25, 0.3) is 0 Å². The van der Waals surface area contributed by atoms with Crippen molar-refractivity contribution in [1.29, 1.82) is 0 Å². The molecule has 2 heterocycles. The van der Waals surface area contributed by atoms with Crippen LogP contribution >= 0.6 is 12.4 Å². The minimum Gasteiger partial charge on any atom is -0.490 e. The third-order valence-electron chi connectivity index (χ3n) is 3.64. The van der Waals surface area contributed by atoms with Crippen molar-refractivity contribution in [2.45, 2.75) is 32.2 Å². The van der Waals surface area contributed by atoms with Crippen molar-refractivity contribution in [1.82, 2.24) is 15.1 Å². The Kier molecular flexibility index (Phi) is 4.89. The van der Waals surface area contributed by atoms with Crippen LogP contribution in [0.4, 0.5) is 0 Å². The van der Waals surface area contributed by atoms with Gasteiger partial charge in [-0.3, -0.25) is 4.68 Å². The van der Waals surface area contributed by atoms with Crippen molar-refractivity contribution in [3.05, 3.63) is 12.4 Å². The highest BCUT2D eigenvalue weighted by Gasteiger charge is 2.22. The van der Waals surface area contributed by atoms with Gasteiger partial charge in [-0.25, -0.2) is 0 Å². The molecule has 0 aromatic carbocycles. The molecule has 1 atom stereocenters. The van der Waals surface area contributed by atoms with Gasteiger partial charge in [-0.1, -0.05) is 0 Å². The molecular weight excluding hydrogens is 250 g/mol. The lowest BCUT2D eigenvalue weighted by Gasteiger charge is -2.22. The summed E-state index contributed by atoms with van der Waals surface area (Å²) in [7, 11) is 0. The molecule has 3 rings (SSSR count). The fraction of sp³-hybridized carbons (Fsp3) is 0.769. The summed E-state index contributed by atoms with van der Waals surface area (Å²) in [5.74, 6) is 2.46. The van der Waals surface area contributed by atoms with Crippen LogP contribution in [0.3, 0.4) is 0 Å². The molecule has 102 valence electrons. The van der Waals surface area contributed by atoms with E-state index in [-0.39, 0.29) is 12.4 Å². The predicted octanol–water partition coefficient (Wildman–Crippen LogP) is 2.09. The van der Waals surface area contributed by atoms with Gasteiger partial charge in [-0.05, 0) is 38.1 Å². The Balaban J connectivity index is 0.00000120. The van der Waals surface area contributed by atoms with E-state index in [1.165, 1.54) is 25.7 Å². The fourth-order valence-electron chi connectivity index (χ4n) is 2.36. The van der Waals surface area contributed by atoms with Crippen molar-refractivity contribution in [3.63, 3.8) is 0 Å². The Morgan fingerprint density at radius 1 is 1.33 bits per heavy atom. The van der Waals surface area contributed by atoms with Gasteiger partial charge in [-0.15, -0.1) is 12.4 Å². The molecule has 1 saturated heterocycles. The normalized spacial score (nSPS) is 23.4. The summed E-state index contributed by atoms with van der Waals surface area (Å²) < 4.78 is 7.82. The van der Waals surface area contributed by atoms with Crippen LogP contribution in [0.1, 0.15) is 25.7 Å². The lowest BCUT2D eigenvalue weighted by Crippen LogP contribution is -2.32. The first-order chi connectivity index (χ1) is 8.40. The molecule has 1 aliphatic heterocycles. The van der Waals surface area contributed by atoms with Crippen LogP contribution in [-0.2, 0) is 6.54 Å². The summed E-state index contributed by atoms with van der Waals surface area (Å²) in [6.45, 7) is 4.14. The molecule has 2 fully saturated rings. The van der Waals surface area contributed by atoms with Crippen molar-refractivity contribution in [2.24, 2.45) is 11.8 Å². The molecule has 0 radical (unpaired) electrons. The van der Waals surface area contributed by atoms with Gasteiger partial charge in [0.1, 0.15) is 0 Å². The number of aromatic nitrogens is 2. The Morgan fingerprint density at radius 3 is 2.94 bits per heavy atom. The SMILES string of the molecule is Cl.c1nn(CC2CC2)cc1OCC1CCCNC1. The molecule has 1 aromatic rings. The molecule has 18 heavy (non-hydrogen) atoms. The summed E-state index contributed by atoms with van der Waals surface area (Å²) in [4.78, 5) is 0. The zero-order valence-electron chi connectivity index (χ0n) is 10.7. The average Bonchev–Trinajstić information content (AvgIpc) is 3.06. The maximum Gasteiger partial charge on any atom is 0.157 e. The van der Waals surface area contributed by atoms with E-state index in [1.54, 1.807) is 0 Å². The second-order valence-electron chi connectivity index (χ2n) is 5.36. The number of piperidine rings is 1. The fourth-order valence-corrected chi connectivity index (χ4v) is 2.36. The number of hydrogen-bond donors (Lipinski definition) is 1. The zero-order valence-corrected chi connectivity index (χ0v) is 11.5. The van der Waals surface area contributed by atoms with Gasteiger partial charge in [-0.2, -0.15) is 5.10 Å². The highest BCUT2D eigenvalue weighted by atomic mass is 35.5. The van der Waals surface area contributed by atoms with Crippen molar-refractivity contribution >= 4 is 12.4 Å². The summed E-state index contributed by atoms with van der Waals surface area (Å²) >= 11 is 0. The largest absolute Gasteiger partial charge is 0.490 e. The maximum atomic E-state index is 5.80. The van der Waals surface area contributed by atoms with E-state index in [9.17, 15) is 0 Å². The van der Waals surface area contributed by atoms with E-state index in [0.717, 1.165) is 37.9 Å². The van der Waals surface area contributed by atoms with Crippen molar-refractivity contribution in [2.75, 3.05) is 19.7 Å². The first-order valence-electron chi connectivity index (χ1n) is 6.76. The molecular formula is C13H22ClN3O. The number of nitrogens with zero attached hydrogens (tertiary/aromatic N) is 2. The lowest BCUT2D eigenvalue weighted by molar-refractivity contribution is 0.218. The monoisotopic (exact) mass is 271 g/mol. The lowest BCUT2D eigenvalue weighted by atomic mass is 10.0. The van der Waals surface area contributed by atoms with Gasteiger partial charge in [0.05, 0.1) is 19.0 Å².